The lowest BCUT2D eigenvalue weighted by molar-refractivity contribution is -0.117. The zero-order chi connectivity index (χ0) is 16.9. The number of rotatable bonds is 5. The van der Waals surface area contributed by atoms with Gasteiger partial charge in [0.15, 0.2) is 0 Å². The van der Waals surface area contributed by atoms with Gasteiger partial charge in [0, 0.05) is 11.3 Å². The van der Waals surface area contributed by atoms with E-state index in [0.29, 0.717) is 17.2 Å². The van der Waals surface area contributed by atoms with Gasteiger partial charge in [-0.3, -0.25) is 4.79 Å². The molecule has 7 heteroatoms. The van der Waals surface area contributed by atoms with E-state index in [9.17, 15) is 4.79 Å². The fraction of sp³-hybridized carbons (Fsp3) is 0.118. The molecular weight excluding hydrogens is 322 g/mol. The standard InChI is InChI=1S/C17H17N5OS/c18-14(10-11-4-2-1-3-5-11)15(23)20-13-8-6-12(7-9-13)16-21-22-17(19)24-16/h1-9,14H,10,18H2,(H2,19,22)(H,20,23). The van der Waals surface area contributed by atoms with Crippen LogP contribution < -0.4 is 16.8 Å². The second kappa shape index (κ2) is 7.20. The smallest absolute Gasteiger partial charge is 0.241 e. The summed E-state index contributed by atoms with van der Waals surface area (Å²) in [5.74, 6) is -0.216. The number of nitrogens with two attached hydrogens (primary N) is 2. The van der Waals surface area contributed by atoms with Gasteiger partial charge in [0.25, 0.3) is 0 Å². The first-order chi connectivity index (χ1) is 11.6. The monoisotopic (exact) mass is 339 g/mol. The third kappa shape index (κ3) is 3.95. The maximum atomic E-state index is 12.2. The first-order valence-corrected chi connectivity index (χ1v) is 8.23. The molecule has 1 atom stereocenters. The number of benzene rings is 2. The summed E-state index contributed by atoms with van der Waals surface area (Å²) in [6.45, 7) is 0. The van der Waals surface area contributed by atoms with Crippen molar-refractivity contribution in [2.75, 3.05) is 11.1 Å². The molecule has 1 aromatic heterocycles. The Morgan fingerprint density at radius 1 is 1.08 bits per heavy atom. The fourth-order valence-corrected chi connectivity index (χ4v) is 2.86. The average molecular weight is 339 g/mol. The topological polar surface area (TPSA) is 107 Å². The lowest BCUT2D eigenvalue weighted by Gasteiger charge is -2.12. The van der Waals surface area contributed by atoms with Crippen molar-refractivity contribution >= 4 is 28.1 Å². The van der Waals surface area contributed by atoms with Gasteiger partial charge in [-0.1, -0.05) is 41.7 Å². The van der Waals surface area contributed by atoms with Crippen molar-refractivity contribution in [3.63, 3.8) is 0 Å². The molecule has 122 valence electrons. The Morgan fingerprint density at radius 3 is 2.42 bits per heavy atom. The predicted octanol–water partition coefficient (Wildman–Crippen LogP) is 2.30. The van der Waals surface area contributed by atoms with Crippen LogP contribution in [0.5, 0.6) is 0 Å². The van der Waals surface area contributed by atoms with Crippen molar-refractivity contribution in [3.05, 3.63) is 60.2 Å². The molecule has 0 aliphatic heterocycles. The number of nitrogen functional groups attached to an aromatic ring is 1. The first-order valence-electron chi connectivity index (χ1n) is 7.41. The van der Waals surface area contributed by atoms with E-state index in [2.05, 4.69) is 15.5 Å². The third-order valence-electron chi connectivity index (χ3n) is 3.48. The van der Waals surface area contributed by atoms with Crippen molar-refractivity contribution in [1.29, 1.82) is 0 Å². The molecule has 0 fully saturated rings. The number of carbonyl (C=O) groups is 1. The minimum absolute atomic E-state index is 0.216. The van der Waals surface area contributed by atoms with Crippen molar-refractivity contribution < 1.29 is 4.79 Å². The van der Waals surface area contributed by atoms with Crippen molar-refractivity contribution in [2.45, 2.75) is 12.5 Å². The number of hydrogen-bond donors (Lipinski definition) is 3. The predicted molar refractivity (Wildman–Crippen MR) is 96.5 cm³/mol. The lowest BCUT2D eigenvalue weighted by atomic mass is 10.1. The van der Waals surface area contributed by atoms with Gasteiger partial charge in [-0.25, -0.2) is 0 Å². The Labute approximate surface area is 143 Å². The molecule has 0 saturated heterocycles. The highest BCUT2D eigenvalue weighted by molar-refractivity contribution is 7.18. The molecule has 0 aliphatic carbocycles. The van der Waals surface area contributed by atoms with Gasteiger partial charge in [-0.05, 0) is 36.2 Å². The van der Waals surface area contributed by atoms with Crippen LogP contribution >= 0.6 is 11.3 Å². The highest BCUT2D eigenvalue weighted by atomic mass is 32.1. The van der Waals surface area contributed by atoms with Crippen LogP contribution in [0, 0.1) is 0 Å². The van der Waals surface area contributed by atoms with Gasteiger partial charge in [-0.15, -0.1) is 10.2 Å². The summed E-state index contributed by atoms with van der Waals surface area (Å²) in [6.07, 6.45) is 0.495. The molecule has 0 spiro atoms. The quantitative estimate of drug-likeness (QED) is 0.661. The summed E-state index contributed by atoms with van der Waals surface area (Å²) >= 11 is 1.31. The van der Waals surface area contributed by atoms with E-state index in [4.69, 9.17) is 11.5 Å². The van der Waals surface area contributed by atoms with E-state index in [1.807, 2.05) is 42.5 Å². The van der Waals surface area contributed by atoms with E-state index >= 15 is 0 Å². The summed E-state index contributed by atoms with van der Waals surface area (Å²) in [6, 6.07) is 16.4. The Balaban J connectivity index is 1.62. The van der Waals surface area contributed by atoms with E-state index in [1.165, 1.54) is 11.3 Å². The maximum Gasteiger partial charge on any atom is 0.241 e. The van der Waals surface area contributed by atoms with E-state index < -0.39 is 6.04 Å². The van der Waals surface area contributed by atoms with E-state index in [1.54, 1.807) is 12.1 Å². The summed E-state index contributed by atoms with van der Waals surface area (Å²) in [5, 5.41) is 11.8. The fourth-order valence-electron chi connectivity index (χ4n) is 2.24. The normalized spacial score (nSPS) is 11.9. The molecule has 6 nitrogen and oxygen atoms in total. The summed E-state index contributed by atoms with van der Waals surface area (Å²) in [7, 11) is 0. The van der Waals surface area contributed by atoms with E-state index in [0.717, 1.165) is 16.1 Å². The number of anilines is 2. The number of hydrogen-bond acceptors (Lipinski definition) is 6. The van der Waals surface area contributed by atoms with Crippen molar-refractivity contribution in [1.82, 2.24) is 10.2 Å². The number of nitrogens with one attached hydrogen (secondary N) is 1. The van der Waals surface area contributed by atoms with Gasteiger partial charge in [-0.2, -0.15) is 0 Å². The molecule has 1 unspecified atom stereocenters. The van der Waals surface area contributed by atoms with Gasteiger partial charge in [0.2, 0.25) is 11.0 Å². The average Bonchev–Trinajstić information content (AvgIpc) is 3.03. The number of amides is 1. The largest absolute Gasteiger partial charge is 0.374 e. The number of carbonyl (C=O) groups excluding carboxylic acids is 1. The molecule has 3 rings (SSSR count). The van der Waals surface area contributed by atoms with Crippen LogP contribution in [0.1, 0.15) is 5.56 Å². The van der Waals surface area contributed by atoms with Crippen molar-refractivity contribution in [3.8, 4) is 10.6 Å². The molecule has 0 aliphatic rings. The zero-order valence-electron chi connectivity index (χ0n) is 12.8. The SMILES string of the molecule is Nc1nnc(-c2ccc(NC(=O)C(N)Cc3ccccc3)cc2)s1. The Hall–Kier alpha value is -2.77. The number of nitrogens with zero attached hydrogens (tertiary/aromatic N) is 2. The second-order valence-corrected chi connectivity index (χ2v) is 6.32. The van der Waals surface area contributed by atoms with Crippen LogP contribution in [0.15, 0.2) is 54.6 Å². The minimum atomic E-state index is -0.602. The summed E-state index contributed by atoms with van der Waals surface area (Å²) in [4.78, 5) is 12.2. The molecule has 3 aromatic rings. The van der Waals surface area contributed by atoms with Crippen LogP contribution in [0.3, 0.4) is 0 Å². The summed E-state index contributed by atoms with van der Waals surface area (Å²) < 4.78 is 0. The highest BCUT2D eigenvalue weighted by Gasteiger charge is 2.14. The Bertz CT molecular complexity index is 817. The van der Waals surface area contributed by atoms with Gasteiger partial charge >= 0.3 is 0 Å². The van der Waals surface area contributed by atoms with E-state index in [-0.39, 0.29) is 5.91 Å². The Kier molecular flexibility index (Phi) is 4.83. The maximum absolute atomic E-state index is 12.2. The molecule has 2 aromatic carbocycles. The first kappa shape index (κ1) is 16.1. The molecule has 0 bridgehead atoms. The third-order valence-corrected chi connectivity index (χ3v) is 4.28. The highest BCUT2D eigenvalue weighted by Crippen LogP contribution is 2.25. The lowest BCUT2D eigenvalue weighted by Crippen LogP contribution is -2.37. The molecular formula is C17H17N5OS. The van der Waals surface area contributed by atoms with Crippen molar-refractivity contribution in [2.24, 2.45) is 5.73 Å². The molecule has 5 N–H and O–H groups in total. The van der Waals surface area contributed by atoms with Gasteiger partial charge < -0.3 is 16.8 Å². The van der Waals surface area contributed by atoms with Gasteiger partial charge in [0.1, 0.15) is 5.01 Å². The molecule has 1 heterocycles. The second-order valence-electron chi connectivity index (χ2n) is 5.31. The Morgan fingerprint density at radius 2 is 1.79 bits per heavy atom. The van der Waals surface area contributed by atoms with Crippen LogP contribution in [-0.2, 0) is 11.2 Å². The van der Waals surface area contributed by atoms with Crippen LogP contribution in [-0.4, -0.2) is 22.1 Å². The molecule has 24 heavy (non-hydrogen) atoms. The van der Waals surface area contributed by atoms with Gasteiger partial charge in [0.05, 0.1) is 6.04 Å². The van der Waals surface area contributed by atoms with Crippen LogP contribution in [0.2, 0.25) is 0 Å². The molecule has 0 saturated carbocycles. The summed E-state index contributed by atoms with van der Waals surface area (Å²) in [5.41, 5.74) is 14.2. The van der Waals surface area contributed by atoms with Crippen LogP contribution in [0.25, 0.3) is 10.6 Å². The molecule has 1 amide bonds. The van der Waals surface area contributed by atoms with Crippen LogP contribution in [0.4, 0.5) is 10.8 Å². The zero-order valence-corrected chi connectivity index (χ0v) is 13.7. The number of aromatic nitrogens is 2. The molecule has 0 radical (unpaired) electrons. The minimum Gasteiger partial charge on any atom is -0.374 e.